The van der Waals surface area contributed by atoms with Crippen molar-refractivity contribution < 1.29 is 0 Å². The van der Waals surface area contributed by atoms with Gasteiger partial charge < -0.3 is 4.90 Å². The Kier molecular flexibility index (Phi) is 3.72. The second-order valence-electron chi connectivity index (χ2n) is 5.83. The van der Waals surface area contributed by atoms with Crippen LogP contribution in [0.2, 0.25) is 5.02 Å². The molecule has 0 bridgehead atoms. The minimum Gasteiger partial charge on any atom is -0.362 e. The van der Waals surface area contributed by atoms with E-state index in [1.165, 1.54) is 10.2 Å². The van der Waals surface area contributed by atoms with Crippen LogP contribution in [0.25, 0.3) is 0 Å². The van der Waals surface area contributed by atoms with E-state index in [2.05, 4.69) is 22.0 Å². The Morgan fingerprint density at radius 2 is 2.00 bits per heavy atom. The van der Waals surface area contributed by atoms with Gasteiger partial charge in [-0.2, -0.15) is 10.2 Å². The summed E-state index contributed by atoms with van der Waals surface area (Å²) in [5, 5.41) is 8.87. The van der Waals surface area contributed by atoms with Gasteiger partial charge in [-0.05, 0) is 26.7 Å². The molecule has 1 aliphatic heterocycles. The van der Waals surface area contributed by atoms with Crippen molar-refractivity contribution in [2.24, 2.45) is 14.1 Å². The zero-order valence-electron chi connectivity index (χ0n) is 13.3. The summed E-state index contributed by atoms with van der Waals surface area (Å²) in [7, 11) is 3.56. The van der Waals surface area contributed by atoms with Crippen LogP contribution in [0.1, 0.15) is 35.8 Å². The summed E-state index contributed by atoms with van der Waals surface area (Å²) in [5.41, 5.74) is 3.88. The number of aryl methyl sites for hydroxylation is 3. The third kappa shape index (κ3) is 2.22. The van der Waals surface area contributed by atoms with E-state index in [0.29, 0.717) is 0 Å². The molecule has 1 atom stereocenters. The van der Waals surface area contributed by atoms with Crippen LogP contribution < -0.4 is 10.5 Å². The molecule has 0 N–H and O–H groups in total. The molecule has 3 heterocycles. The zero-order chi connectivity index (χ0) is 16.0. The van der Waals surface area contributed by atoms with E-state index in [9.17, 15) is 4.79 Å². The molecule has 1 aliphatic rings. The van der Waals surface area contributed by atoms with Gasteiger partial charge in [0, 0.05) is 31.9 Å². The highest BCUT2D eigenvalue weighted by molar-refractivity contribution is 6.33. The van der Waals surface area contributed by atoms with Crippen molar-refractivity contribution in [3.8, 4) is 0 Å². The summed E-state index contributed by atoms with van der Waals surface area (Å²) in [5.74, 6) is 0. The van der Waals surface area contributed by atoms with Gasteiger partial charge in [0.05, 0.1) is 23.6 Å². The van der Waals surface area contributed by atoms with Crippen LogP contribution in [0.3, 0.4) is 0 Å². The highest BCUT2D eigenvalue weighted by atomic mass is 35.5. The fourth-order valence-corrected chi connectivity index (χ4v) is 3.61. The fraction of sp³-hybridized carbons (Fsp3) is 0.533. The standard InChI is InChI=1S/C15H20ClN5O/c1-9-13(10(2)19(3)18-9)11-6-5-7-21(11)12-8-17-20(4)15(22)14(12)16/h8,11H,5-7H2,1-4H3/t11-/m0/s1. The number of anilines is 1. The molecule has 22 heavy (non-hydrogen) atoms. The lowest BCUT2D eigenvalue weighted by molar-refractivity contribution is 0.678. The normalized spacial score (nSPS) is 18.2. The van der Waals surface area contributed by atoms with Crippen molar-refractivity contribution in [1.82, 2.24) is 19.6 Å². The summed E-state index contributed by atoms with van der Waals surface area (Å²) in [6.45, 7) is 4.98. The number of hydrogen-bond donors (Lipinski definition) is 0. The molecule has 2 aromatic rings. The molecule has 2 aromatic heterocycles. The molecular formula is C15H20ClN5O. The van der Waals surface area contributed by atoms with E-state index in [1.807, 2.05) is 18.7 Å². The minimum absolute atomic E-state index is 0.195. The largest absolute Gasteiger partial charge is 0.362 e. The van der Waals surface area contributed by atoms with Gasteiger partial charge in [0.2, 0.25) is 0 Å². The SMILES string of the molecule is Cc1nn(C)c(C)c1[C@@H]1CCCN1c1cnn(C)c(=O)c1Cl. The second kappa shape index (κ2) is 5.43. The Balaban J connectivity index is 2.08. The maximum Gasteiger partial charge on any atom is 0.287 e. The van der Waals surface area contributed by atoms with E-state index < -0.39 is 0 Å². The lowest BCUT2D eigenvalue weighted by atomic mass is 10.0. The molecule has 0 unspecified atom stereocenters. The van der Waals surface area contributed by atoms with Gasteiger partial charge >= 0.3 is 0 Å². The summed E-state index contributed by atoms with van der Waals surface area (Å²) in [6, 6.07) is 0.195. The van der Waals surface area contributed by atoms with Gasteiger partial charge in [0.25, 0.3) is 5.56 Å². The van der Waals surface area contributed by atoms with Crippen molar-refractivity contribution in [1.29, 1.82) is 0 Å². The molecule has 0 aliphatic carbocycles. The molecule has 0 saturated carbocycles. The van der Waals surface area contributed by atoms with E-state index in [4.69, 9.17) is 11.6 Å². The average Bonchev–Trinajstić information content (AvgIpc) is 3.02. The minimum atomic E-state index is -0.260. The van der Waals surface area contributed by atoms with E-state index >= 15 is 0 Å². The molecule has 6 nitrogen and oxygen atoms in total. The summed E-state index contributed by atoms with van der Waals surface area (Å²) in [6.07, 6.45) is 3.77. The Labute approximate surface area is 134 Å². The number of rotatable bonds is 2. The molecule has 1 saturated heterocycles. The van der Waals surface area contributed by atoms with Crippen LogP contribution in [0.4, 0.5) is 5.69 Å². The van der Waals surface area contributed by atoms with Gasteiger partial charge in [0.15, 0.2) is 0 Å². The summed E-state index contributed by atoms with van der Waals surface area (Å²) in [4.78, 5) is 14.2. The third-order valence-electron chi connectivity index (χ3n) is 4.52. The van der Waals surface area contributed by atoms with E-state index in [1.54, 1.807) is 13.2 Å². The van der Waals surface area contributed by atoms with Gasteiger partial charge in [-0.1, -0.05) is 11.6 Å². The van der Waals surface area contributed by atoms with Gasteiger partial charge in [-0.15, -0.1) is 0 Å². The Morgan fingerprint density at radius 1 is 1.27 bits per heavy atom. The van der Waals surface area contributed by atoms with Crippen molar-refractivity contribution >= 4 is 17.3 Å². The Bertz CT molecular complexity index is 779. The summed E-state index contributed by atoms with van der Waals surface area (Å²) < 4.78 is 3.17. The Hall–Kier alpha value is -1.82. The maximum absolute atomic E-state index is 12.1. The lowest BCUT2D eigenvalue weighted by Gasteiger charge is -2.27. The third-order valence-corrected chi connectivity index (χ3v) is 4.88. The highest BCUT2D eigenvalue weighted by Crippen LogP contribution is 2.40. The number of halogens is 1. The number of hydrogen-bond acceptors (Lipinski definition) is 4. The van der Waals surface area contributed by atoms with Crippen molar-refractivity contribution in [3.05, 3.63) is 38.5 Å². The van der Waals surface area contributed by atoms with Crippen molar-refractivity contribution in [2.75, 3.05) is 11.4 Å². The first-order valence-electron chi connectivity index (χ1n) is 7.40. The fourth-order valence-electron chi connectivity index (χ4n) is 3.33. The highest BCUT2D eigenvalue weighted by Gasteiger charge is 2.32. The zero-order valence-corrected chi connectivity index (χ0v) is 14.1. The number of nitrogens with zero attached hydrogens (tertiary/aromatic N) is 5. The van der Waals surface area contributed by atoms with Gasteiger partial charge in [-0.25, -0.2) is 4.68 Å². The van der Waals surface area contributed by atoms with Crippen LogP contribution in [-0.2, 0) is 14.1 Å². The lowest BCUT2D eigenvalue weighted by Crippen LogP contribution is -2.28. The van der Waals surface area contributed by atoms with Crippen LogP contribution >= 0.6 is 11.6 Å². The topological polar surface area (TPSA) is 56.0 Å². The number of aromatic nitrogens is 4. The first-order valence-corrected chi connectivity index (χ1v) is 7.78. The molecule has 7 heteroatoms. The maximum atomic E-state index is 12.1. The van der Waals surface area contributed by atoms with Crippen LogP contribution in [-0.4, -0.2) is 26.1 Å². The predicted molar refractivity (Wildman–Crippen MR) is 86.5 cm³/mol. The predicted octanol–water partition coefficient (Wildman–Crippen LogP) is 2.13. The molecule has 1 fully saturated rings. The van der Waals surface area contributed by atoms with Crippen LogP contribution in [0, 0.1) is 13.8 Å². The monoisotopic (exact) mass is 321 g/mol. The molecule has 0 spiro atoms. The smallest absolute Gasteiger partial charge is 0.287 e. The van der Waals surface area contributed by atoms with Crippen molar-refractivity contribution in [3.63, 3.8) is 0 Å². The van der Waals surface area contributed by atoms with E-state index in [-0.39, 0.29) is 16.6 Å². The first-order chi connectivity index (χ1) is 10.4. The molecule has 3 rings (SSSR count). The van der Waals surface area contributed by atoms with Crippen molar-refractivity contribution in [2.45, 2.75) is 32.7 Å². The first kappa shape index (κ1) is 15.1. The molecule has 118 valence electrons. The van der Waals surface area contributed by atoms with Gasteiger partial charge in [0.1, 0.15) is 5.02 Å². The van der Waals surface area contributed by atoms with Crippen LogP contribution in [0.5, 0.6) is 0 Å². The second-order valence-corrected chi connectivity index (χ2v) is 6.21. The molecular weight excluding hydrogens is 302 g/mol. The van der Waals surface area contributed by atoms with E-state index in [0.717, 1.165) is 36.5 Å². The quantitative estimate of drug-likeness (QED) is 0.850. The molecule has 0 amide bonds. The summed E-state index contributed by atoms with van der Waals surface area (Å²) >= 11 is 6.28. The average molecular weight is 322 g/mol. The molecule has 0 radical (unpaired) electrons. The van der Waals surface area contributed by atoms with Crippen LogP contribution in [0.15, 0.2) is 11.0 Å². The van der Waals surface area contributed by atoms with Gasteiger partial charge in [-0.3, -0.25) is 9.48 Å². The Morgan fingerprint density at radius 3 is 2.64 bits per heavy atom. The molecule has 0 aromatic carbocycles.